The van der Waals surface area contributed by atoms with Gasteiger partial charge < -0.3 is 8.83 Å². The molecule has 0 aliphatic heterocycles. The molecule has 0 aliphatic carbocycles. The van der Waals surface area contributed by atoms with Crippen LogP contribution in [-0.2, 0) is 23.3 Å². The average molecular weight is 989 g/mol. The van der Waals surface area contributed by atoms with Gasteiger partial charge in [0, 0.05) is 0 Å². The largest absolute Gasteiger partial charge is 0.496 e. The molecule has 0 saturated heterocycles. The van der Waals surface area contributed by atoms with Crippen LogP contribution in [0, 0.1) is 41.5 Å². The Bertz CT molecular complexity index is 2630. The van der Waals surface area contributed by atoms with E-state index in [-0.39, 0.29) is 30.2 Å². The van der Waals surface area contributed by atoms with E-state index in [1.54, 1.807) is 23.3 Å². The number of halogens is 2. The number of hydrogen-bond donors (Lipinski definition) is 0. The van der Waals surface area contributed by atoms with Crippen LogP contribution in [0.2, 0.25) is 13.1 Å². The van der Waals surface area contributed by atoms with E-state index in [1.807, 2.05) is 26.0 Å². The second-order valence-electron chi connectivity index (χ2n) is 19.1. The zero-order valence-electron chi connectivity index (χ0n) is 41.2. The monoisotopic (exact) mass is 986 g/mol. The van der Waals surface area contributed by atoms with Crippen molar-refractivity contribution in [2.75, 3.05) is 0 Å². The van der Waals surface area contributed by atoms with Crippen molar-refractivity contribution >= 4 is 51.8 Å². The molecule has 8 aromatic rings. The molecule has 6 aromatic carbocycles. The van der Waals surface area contributed by atoms with Gasteiger partial charge in [0.25, 0.3) is 0 Å². The minimum atomic E-state index is 0. The predicted octanol–water partition coefficient (Wildman–Crippen LogP) is 18.9. The molecule has 0 unspecified atom stereocenters. The molecule has 8 rings (SSSR count). The third-order valence-corrected chi connectivity index (χ3v) is 12.3. The van der Waals surface area contributed by atoms with Crippen molar-refractivity contribution in [3.63, 3.8) is 0 Å². The first-order valence-corrected chi connectivity index (χ1v) is 28.8. The fraction of sp³-hybridized carbons (Fsp3) is 0.345. The van der Waals surface area contributed by atoms with Gasteiger partial charge >= 0.3 is 41.9 Å². The molecular weight excluding hydrogens is 919 g/mol. The van der Waals surface area contributed by atoms with Gasteiger partial charge in [-0.15, -0.1) is 82.8 Å². The van der Waals surface area contributed by atoms with Crippen LogP contribution in [0.25, 0.3) is 66.4 Å². The van der Waals surface area contributed by atoms with Crippen molar-refractivity contribution in [2.24, 2.45) is 0 Å². The van der Waals surface area contributed by atoms with Gasteiger partial charge in [-0.3, -0.25) is 0 Å². The number of fused-ring (bicyclic) bond motifs is 2. The second kappa shape index (κ2) is 22.2. The summed E-state index contributed by atoms with van der Waals surface area (Å²) in [6, 6.07) is 36.3. The van der Waals surface area contributed by atoms with Crippen LogP contribution in [0.1, 0.15) is 135 Å². The van der Waals surface area contributed by atoms with Gasteiger partial charge in [-0.05, 0) is 134 Å². The second-order valence-corrected chi connectivity index (χ2v) is 28.5. The molecule has 2 aromatic heterocycles. The molecule has 0 N–H and O–H groups in total. The summed E-state index contributed by atoms with van der Waals surface area (Å²) in [5, 5.41) is 5.20. The standard InChI is InChI=1S/2C28H31O.C2H6Si.2ClH.Zr/c2*1-16(2)21-11-22(17(3)4)13-25(12-21)28-20(7)18(5)10-23-14-24(15-26(23)28)27-9-8-19(6)29-27;1-3-2;;;/h2*8-17H,1-7H3;1-2H3;2*1H;/q2*-1;;;;+2. The van der Waals surface area contributed by atoms with Crippen molar-refractivity contribution in [3.8, 4) is 44.9 Å². The van der Waals surface area contributed by atoms with E-state index in [0.29, 0.717) is 23.7 Å². The smallest absolute Gasteiger partial charge is 0.0896 e. The quantitative estimate of drug-likeness (QED) is 0.112. The van der Waals surface area contributed by atoms with Crippen molar-refractivity contribution in [1.29, 1.82) is 0 Å². The molecular formula is C58H70Cl2O2SiZr. The third kappa shape index (κ3) is 12.0. The van der Waals surface area contributed by atoms with Crippen LogP contribution in [-0.4, -0.2) is 5.43 Å². The maximum Gasteiger partial charge on any atom is 0.0896 e. The Morgan fingerprint density at radius 2 is 0.750 bits per heavy atom. The minimum Gasteiger partial charge on any atom is -0.496 e. The van der Waals surface area contributed by atoms with Crippen LogP contribution in [0.4, 0.5) is 0 Å². The number of furan rings is 2. The van der Waals surface area contributed by atoms with Gasteiger partial charge in [-0.1, -0.05) is 125 Å². The van der Waals surface area contributed by atoms with Crippen molar-refractivity contribution in [2.45, 2.75) is 134 Å². The Hall–Kier alpha value is -3.66. The van der Waals surface area contributed by atoms with E-state index in [1.165, 1.54) is 88.3 Å². The van der Waals surface area contributed by atoms with Crippen molar-refractivity contribution < 1.29 is 32.2 Å². The Kier molecular flexibility index (Phi) is 18.4. The fourth-order valence-electron chi connectivity index (χ4n) is 8.39. The molecule has 0 spiro atoms. The summed E-state index contributed by atoms with van der Waals surface area (Å²) in [5.74, 6) is 5.82. The van der Waals surface area contributed by atoms with Crippen LogP contribution in [0.5, 0.6) is 0 Å². The summed E-state index contributed by atoms with van der Waals surface area (Å²) in [6.45, 7) is 35.8. The summed E-state index contributed by atoms with van der Waals surface area (Å²) in [6.07, 6.45) is 0. The molecule has 0 aliphatic rings. The normalized spacial score (nSPS) is 11.2. The van der Waals surface area contributed by atoms with Crippen molar-refractivity contribution in [3.05, 3.63) is 153 Å². The van der Waals surface area contributed by atoms with Gasteiger partial charge in [0.15, 0.2) is 0 Å². The first-order valence-electron chi connectivity index (χ1n) is 22.6. The van der Waals surface area contributed by atoms with E-state index in [9.17, 15) is 0 Å². The van der Waals surface area contributed by atoms with Gasteiger partial charge in [-0.25, -0.2) is 0 Å². The van der Waals surface area contributed by atoms with E-state index in [2.05, 4.69) is 181 Å². The summed E-state index contributed by atoms with van der Waals surface area (Å²) in [7, 11) is 0. The minimum absolute atomic E-state index is 0. The van der Waals surface area contributed by atoms with E-state index in [0.717, 1.165) is 34.2 Å². The number of benzene rings is 4. The van der Waals surface area contributed by atoms with Gasteiger partial charge in [0.05, 0.1) is 23.0 Å². The molecule has 64 heavy (non-hydrogen) atoms. The van der Waals surface area contributed by atoms with Crippen LogP contribution in [0.15, 0.2) is 106 Å². The molecule has 0 saturated carbocycles. The van der Waals surface area contributed by atoms with Gasteiger partial charge in [-0.2, -0.15) is 0 Å². The van der Waals surface area contributed by atoms with E-state index >= 15 is 0 Å². The molecule has 2 nitrogen and oxygen atoms in total. The molecule has 2 heterocycles. The predicted molar refractivity (Wildman–Crippen MR) is 282 cm³/mol. The average Bonchev–Trinajstić information content (AvgIpc) is 4.02. The summed E-state index contributed by atoms with van der Waals surface area (Å²) in [5.41, 5.74) is 18.9. The van der Waals surface area contributed by atoms with Crippen LogP contribution in [0.3, 0.4) is 0 Å². The van der Waals surface area contributed by atoms with Crippen LogP contribution >= 0.6 is 24.8 Å². The Morgan fingerprint density at radius 1 is 0.453 bits per heavy atom. The Balaban J connectivity index is 0.000000252. The van der Waals surface area contributed by atoms with Gasteiger partial charge in [0.2, 0.25) is 0 Å². The fourth-order valence-corrected chi connectivity index (χ4v) is 8.39. The first kappa shape index (κ1) is 53.0. The van der Waals surface area contributed by atoms with Crippen LogP contribution < -0.4 is 0 Å². The Morgan fingerprint density at radius 3 is 1.00 bits per heavy atom. The molecule has 0 bridgehead atoms. The third-order valence-electron chi connectivity index (χ3n) is 12.3. The van der Waals surface area contributed by atoms with E-state index < -0.39 is 0 Å². The maximum atomic E-state index is 5.91. The molecule has 0 amide bonds. The molecule has 6 heteroatoms. The van der Waals surface area contributed by atoms with Gasteiger partial charge in [0.1, 0.15) is 0 Å². The topological polar surface area (TPSA) is 26.3 Å². The Labute approximate surface area is 412 Å². The van der Waals surface area contributed by atoms with E-state index in [4.69, 9.17) is 8.83 Å². The van der Waals surface area contributed by atoms with Crippen molar-refractivity contribution in [1.82, 2.24) is 0 Å². The summed E-state index contributed by atoms with van der Waals surface area (Å²) >= 11 is 1.74. The first-order chi connectivity index (χ1) is 29.2. The molecule has 336 valence electrons. The summed E-state index contributed by atoms with van der Waals surface area (Å²) in [4.78, 5) is 0. The number of aryl methyl sites for hydroxylation is 4. The molecule has 0 atom stereocenters. The SMILES string of the molecule is C[Si](C)=[Zr+2].Cc1ccc(-c2cc3c(-c4cc(C(C)C)cc(C(C)C)c4)c(C)c(C)cc3[cH-]2)o1.Cc1ccc(-c2cc3c(-c4cc(C(C)C)cc(C(C)C)c4)c(C)c(C)cc3[cH-]2)o1.Cl.Cl. The molecule has 0 radical (unpaired) electrons. The molecule has 0 fully saturated rings. The summed E-state index contributed by atoms with van der Waals surface area (Å²) < 4.78 is 11.8. The zero-order chi connectivity index (χ0) is 45.3. The maximum absolute atomic E-state index is 5.91. The number of hydrogen-bond acceptors (Lipinski definition) is 2. The number of rotatable bonds is 8. The zero-order valence-corrected chi connectivity index (χ0v) is 46.3.